The second-order valence-electron chi connectivity index (χ2n) is 6.96. The highest BCUT2D eigenvalue weighted by Gasteiger charge is 2.34. The minimum Gasteiger partial charge on any atom is -0.481 e. The molecule has 2 heterocycles. The number of aromatic nitrogens is 1. The Morgan fingerprint density at radius 2 is 1.65 bits per heavy atom. The Labute approximate surface area is 150 Å². The predicted octanol–water partition coefficient (Wildman–Crippen LogP) is 0.550. The highest BCUT2D eigenvalue weighted by molar-refractivity contribution is 5.94. The molecule has 0 radical (unpaired) electrons. The molecule has 2 unspecified atom stereocenters. The highest BCUT2D eigenvalue weighted by atomic mass is 16.4. The van der Waals surface area contributed by atoms with E-state index in [0.717, 1.165) is 12.8 Å². The first-order chi connectivity index (χ1) is 12.5. The summed E-state index contributed by atoms with van der Waals surface area (Å²) in [7, 11) is 0. The summed E-state index contributed by atoms with van der Waals surface area (Å²) in [6, 6.07) is 2.81. The lowest BCUT2D eigenvalue weighted by Crippen LogP contribution is -2.52. The van der Waals surface area contributed by atoms with Crippen molar-refractivity contribution in [1.82, 2.24) is 14.8 Å². The molecular formula is C18H23N3O5. The zero-order chi connectivity index (χ0) is 18.7. The van der Waals surface area contributed by atoms with E-state index in [9.17, 15) is 24.3 Å². The number of pyridine rings is 1. The zero-order valence-corrected chi connectivity index (χ0v) is 14.5. The summed E-state index contributed by atoms with van der Waals surface area (Å²) < 4.78 is 0. The van der Waals surface area contributed by atoms with Crippen LogP contribution in [-0.4, -0.2) is 63.9 Å². The molecular weight excluding hydrogens is 338 g/mol. The summed E-state index contributed by atoms with van der Waals surface area (Å²) in [5.74, 6) is -1.64. The molecule has 0 aromatic carbocycles. The van der Waals surface area contributed by atoms with Crippen molar-refractivity contribution < 1.29 is 19.5 Å². The van der Waals surface area contributed by atoms with Crippen molar-refractivity contribution in [2.75, 3.05) is 26.2 Å². The number of carbonyl (C=O) groups excluding carboxylic acids is 2. The van der Waals surface area contributed by atoms with Crippen molar-refractivity contribution in [2.45, 2.75) is 25.7 Å². The van der Waals surface area contributed by atoms with Gasteiger partial charge in [-0.3, -0.25) is 19.2 Å². The van der Waals surface area contributed by atoms with Crippen LogP contribution in [0, 0.1) is 11.8 Å². The van der Waals surface area contributed by atoms with Gasteiger partial charge in [0.25, 0.3) is 5.91 Å². The van der Waals surface area contributed by atoms with Gasteiger partial charge >= 0.3 is 5.97 Å². The smallest absolute Gasteiger partial charge is 0.306 e. The molecule has 140 valence electrons. The van der Waals surface area contributed by atoms with Gasteiger partial charge in [0.2, 0.25) is 11.5 Å². The number of amides is 2. The summed E-state index contributed by atoms with van der Waals surface area (Å²) in [5.41, 5.74) is 0.157. The SMILES string of the molecule is O=C(O)C1CCCC(C(=O)N2CCN(C(=O)c3ccc(=O)[nH]c3)CC2)C1. The third-order valence-electron chi connectivity index (χ3n) is 5.28. The number of carboxylic acid groups (broad SMARTS) is 1. The first-order valence-electron chi connectivity index (χ1n) is 8.95. The summed E-state index contributed by atoms with van der Waals surface area (Å²) in [6.45, 7) is 1.75. The standard InChI is InChI=1S/C18H23N3O5/c22-15-5-4-14(11-19-15)17(24)21-8-6-20(7-9-21)16(23)12-2-1-3-13(10-12)18(25)26/h4-5,11-13H,1-3,6-10H2,(H,19,22)(H,25,26). The van der Waals surface area contributed by atoms with E-state index in [4.69, 9.17) is 0 Å². The first-order valence-corrected chi connectivity index (χ1v) is 8.95. The van der Waals surface area contributed by atoms with Gasteiger partial charge in [-0.1, -0.05) is 6.42 Å². The molecule has 3 rings (SSSR count). The first kappa shape index (κ1) is 18.2. The fraction of sp³-hybridized carbons (Fsp3) is 0.556. The van der Waals surface area contributed by atoms with Gasteiger partial charge in [0, 0.05) is 44.4 Å². The summed E-state index contributed by atoms with van der Waals surface area (Å²) in [4.78, 5) is 53.3. The van der Waals surface area contributed by atoms with Crippen molar-refractivity contribution in [3.8, 4) is 0 Å². The number of hydrogen-bond donors (Lipinski definition) is 2. The molecule has 0 spiro atoms. The number of H-pyrrole nitrogens is 1. The largest absolute Gasteiger partial charge is 0.481 e. The van der Waals surface area contributed by atoms with Gasteiger partial charge in [0.05, 0.1) is 11.5 Å². The molecule has 1 saturated heterocycles. The maximum atomic E-state index is 12.7. The molecule has 8 nitrogen and oxygen atoms in total. The molecule has 1 saturated carbocycles. The van der Waals surface area contributed by atoms with Gasteiger partial charge in [0.1, 0.15) is 0 Å². The number of carboxylic acids is 1. The number of nitrogens with zero attached hydrogens (tertiary/aromatic N) is 2. The molecule has 1 aliphatic heterocycles. The van der Waals surface area contributed by atoms with E-state index in [1.54, 1.807) is 9.80 Å². The number of hydrogen-bond acceptors (Lipinski definition) is 4. The number of aliphatic carboxylic acids is 1. The molecule has 2 aliphatic rings. The summed E-state index contributed by atoms with van der Waals surface area (Å²) >= 11 is 0. The average molecular weight is 361 g/mol. The zero-order valence-electron chi connectivity index (χ0n) is 14.5. The number of piperazine rings is 1. The predicted molar refractivity (Wildman–Crippen MR) is 92.6 cm³/mol. The van der Waals surface area contributed by atoms with Crippen LogP contribution in [-0.2, 0) is 9.59 Å². The van der Waals surface area contributed by atoms with Gasteiger partial charge in [-0.25, -0.2) is 0 Å². The summed E-state index contributed by atoms with van der Waals surface area (Å²) in [5, 5.41) is 9.18. The molecule has 1 aliphatic carbocycles. The third kappa shape index (κ3) is 3.95. The van der Waals surface area contributed by atoms with Crippen LogP contribution >= 0.6 is 0 Å². The molecule has 2 atom stereocenters. The maximum Gasteiger partial charge on any atom is 0.306 e. The van der Waals surface area contributed by atoms with Crippen molar-refractivity contribution >= 4 is 17.8 Å². The molecule has 8 heteroatoms. The topological polar surface area (TPSA) is 111 Å². The quantitative estimate of drug-likeness (QED) is 0.817. The van der Waals surface area contributed by atoms with Crippen LogP contribution in [0.5, 0.6) is 0 Å². The Kier molecular flexibility index (Phi) is 5.39. The average Bonchev–Trinajstić information content (AvgIpc) is 2.67. The highest BCUT2D eigenvalue weighted by Crippen LogP contribution is 2.30. The van der Waals surface area contributed by atoms with E-state index in [1.165, 1.54) is 18.3 Å². The van der Waals surface area contributed by atoms with Crippen molar-refractivity contribution in [3.63, 3.8) is 0 Å². The van der Waals surface area contributed by atoms with E-state index in [-0.39, 0.29) is 23.3 Å². The van der Waals surface area contributed by atoms with E-state index in [2.05, 4.69) is 4.98 Å². The van der Waals surface area contributed by atoms with Crippen molar-refractivity contribution in [1.29, 1.82) is 0 Å². The number of carbonyl (C=O) groups is 3. The van der Waals surface area contributed by atoms with Crippen molar-refractivity contribution in [3.05, 3.63) is 34.2 Å². The Morgan fingerprint density at radius 3 is 2.27 bits per heavy atom. The minimum absolute atomic E-state index is 0.00656. The molecule has 2 fully saturated rings. The van der Waals surface area contributed by atoms with Crippen LogP contribution in [0.3, 0.4) is 0 Å². The lowest BCUT2D eigenvalue weighted by molar-refractivity contribution is -0.146. The number of rotatable bonds is 3. The Bertz CT molecular complexity index is 731. The van der Waals surface area contributed by atoms with Gasteiger partial charge in [0.15, 0.2) is 0 Å². The van der Waals surface area contributed by atoms with Crippen LogP contribution in [0.2, 0.25) is 0 Å². The van der Waals surface area contributed by atoms with Gasteiger partial charge in [-0.15, -0.1) is 0 Å². The third-order valence-corrected chi connectivity index (χ3v) is 5.28. The normalized spacial score (nSPS) is 23.5. The van der Waals surface area contributed by atoms with E-state index < -0.39 is 11.9 Å². The van der Waals surface area contributed by atoms with E-state index in [1.807, 2.05) is 0 Å². The Balaban J connectivity index is 1.55. The Hall–Kier alpha value is -2.64. The fourth-order valence-corrected chi connectivity index (χ4v) is 3.75. The van der Waals surface area contributed by atoms with Crippen LogP contribution < -0.4 is 5.56 Å². The van der Waals surface area contributed by atoms with Crippen LogP contribution in [0.4, 0.5) is 0 Å². The van der Waals surface area contributed by atoms with E-state index >= 15 is 0 Å². The van der Waals surface area contributed by atoms with Crippen molar-refractivity contribution in [2.24, 2.45) is 11.8 Å². The minimum atomic E-state index is -0.821. The van der Waals surface area contributed by atoms with Crippen LogP contribution in [0.25, 0.3) is 0 Å². The molecule has 0 bridgehead atoms. The summed E-state index contributed by atoms with van der Waals surface area (Å²) in [6.07, 6.45) is 3.94. The monoisotopic (exact) mass is 361 g/mol. The molecule has 1 aromatic heterocycles. The van der Waals surface area contributed by atoms with Gasteiger partial charge < -0.3 is 19.9 Å². The van der Waals surface area contributed by atoms with E-state index in [0.29, 0.717) is 44.6 Å². The molecule has 1 aromatic rings. The van der Waals surface area contributed by atoms with Crippen LogP contribution in [0.1, 0.15) is 36.0 Å². The molecule has 2 N–H and O–H groups in total. The van der Waals surface area contributed by atoms with Crippen LogP contribution in [0.15, 0.2) is 23.1 Å². The second kappa shape index (κ2) is 7.72. The lowest BCUT2D eigenvalue weighted by atomic mass is 9.80. The maximum absolute atomic E-state index is 12.7. The van der Waals surface area contributed by atoms with Gasteiger partial charge in [-0.2, -0.15) is 0 Å². The molecule has 26 heavy (non-hydrogen) atoms. The number of nitrogens with one attached hydrogen (secondary N) is 1. The molecule has 2 amide bonds. The second-order valence-corrected chi connectivity index (χ2v) is 6.96. The van der Waals surface area contributed by atoms with Gasteiger partial charge in [-0.05, 0) is 25.3 Å². The fourth-order valence-electron chi connectivity index (χ4n) is 3.75. The Morgan fingerprint density at radius 1 is 1.00 bits per heavy atom. The number of aromatic amines is 1. The lowest BCUT2D eigenvalue weighted by Gasteiger charge is -2.37.